The van der Waals surface area contributed by atoms with Crippen molar-refractivity contribution in [2.75, 3.05) is 26.8 Å². The largest absolute Gasteiger partial charge is 0.381 e. The predicted octanol–water partition coefficient (Wildman–Crippen LogP) is 3.24. The molecule has 1 fully saturated rings. The number of nitrogens with zero attached hydrogens (tertiary/aromatic N) is 1. The van der Waals surface area contributed by atoms with Gasteiger partial charge >= 0.3 is 0 Å². The summed E-state index contributed by atoms with van der Waals surface area (Å²) >= 11 is 9.10. The number of rotatable bonds is 5. The first-order chi connectivity index (χ1) is 9.95. The van der Waals surface area contributed by atoms with E-state index in [4.69, 9.17) is 16.3 Å². The van der Waals surface area contributed by atoms with Crippen LogP contribution >= 0.6 is 27.5 Å². The molecule has 2 rings (SSSR count). The van der Waals surface area contributed by atoms with Crippen LogP contribution in [0.3, 0.4) is 0 Å². The van der Waals surface area contributed by atoms with Crippen LogP contribution in [0.25, 0.3) is 0 Å². The van der Waals surface area contributed by atoms with E-state index in [1.54, 1.807) is 25.2 Å². The van der Waals surface area contributed by atoms with Gasteiger partial charge in [-0.15, -0.1) is 11.6 Å². The van der Waals surface area contributed by atoms with Gasteiger partial charge in [-0.3, -0.25) is 0 Å². The van der Waals surface area contributed by atoms with Crippen LogP contribution in [-0.4, -0.2) is 39.5 Å². The van der Waals surface area contributed by atoms with E-state index in [0.29, 0.717) is 36.0 Å². The SMILES string of the molecule is CN(CC1CCOCC1)S(=O)(=O)c1ccc(CCl)cc1Br. The first kappa shape index (κ1) is 17.2. The summed E-state index contributed by atoms with van der Waals surface area (Å²) in [5.74, 6) is 0.719. The van der Waals surface area contributed by atoms with Crippen molar-refractivity contribution in [3.8, 4) is 0 Å². The molecule has 1 aliphatic heterocycles. The standard InChI is InChI=1S/C14H19BrClNO3S/c1-17(10-11-4-6-20-7-5-11)21(18,19)14-3-2-12(9-16)8-13(14)15/h2-3,8,11H,4-7,9-10H2,1H3. The highest BCUT2D eigenvalue weighted by Gasteiger charge is 2.26. The number of hydrogen-bond donors (Lipinski definition) is 0. The van der Waals surface area contributed by atoms with Crippen LogP contribution in [0.1, 0.15) is 18.4 Å². The molecular formula is C14H19BrClNO3S. The van der Waals surface area contributed by atoms with Crippen molar-refractivity contribution < 1.29 is 13.2 Å². The molecule has 0 radical (unpaired) electrons. The molecule has 0 N–H and O–H groups in total. The fourth-order valence-corrected chi connectivity index (χ4v) is 4.89. The predicted molar refractivity (Wildman–Crippen MR) is 87.1 cm³/mol. The third-order valence-electron chi connectivity index (χ3n) is 3.70. The van der Waals surface area contributed by atoms with E-state index in [0.717, 1.165) is 18.4 Å². The first-order valence-corrected chi connectivity index (χ1v) is 9.60. The molecule has 1 saturated heterocycles. The number of alkyl halides is 1. The number of ether oxygens (including phenoxy) is 1. The summed E-state index contributed by atoms with van der Waals surface area (Å²) < 4.78 is 32.6. The molecule has 0 saturated carbocycles. The van der Waals surface area contributed by atoms with E-state index in [2.05, 4.69) is 15.9 Å². The van der Waals surface area contributed by atoms with Crippen molar-refractivity contribution in [2.24, 2.45) is 5.92 Å². The van der Waals surface area contributed by atoms with Crippen molar-refractivity contribution in [1.82, 2.24) is 4.31 Å². The Morgan fingerprint density at radius 3 is 2.62 bits per heavy atom. The van der Waals surface area contributed by atoms with Gasteiger partial charge < -0.3 is 4.74 Å². The average molecular weight is 397 g/mol. The Kier molecular flexibility index (Phi) is 6.08. The molecule has 4 nitrogen and oxygen atoms in total. The molecule has 0 unspecified atom stereocenters. The molecule has 1 aromatic rings. The molecule has 0 aliphatic carbocycles. The number of benzene rings is 1. The van der Waals surface area contributed by atoms with Gasteiger partial charge in [0, 0.05) is 37.2 Å². The third-order valence-corrected chi connectivity index (χ3v) is 6.80. The minimum atomic E-state index is -3.49. The summed E-state index contributed by atoms with van der Waals surface area (Å²) in [7, 11) is -1.86. The summed E-state index contributed by atoms with van der Waals surface area (Å²) in [5, 5.41) is 0. The van der Waals surface area contributed by atoms with E-state index in [1.165, 1.54) is 4.31 Å². The fourth-order valence-electron chi connectivity index (χ4n) is 2.40. The second kappa shape index (κ2) is 7.42. The van der Waals surface area contributed by atoms with Gasteiger partial charge in [-0.2, -0.15) is 0 Å². The molecule has 0 amide bonds. The van der Waals surface area contributed by atoms with Gasteiger partial charge in [0.1, 0.15) is 0 Å². The van der Waals surface area contributed by atoms with Crippen molar-refractivity contribution >= 4 is 37.6 Å². The first-order valence-electron chi connectivity index (χ1n) is 6.83. The van der Waals surface area contributed by atoms with Crippen molar-refractivity contribution in [1.29, 1.82) is 0 Å². The minimum absolute atomic E-state index is 0.283. The Balaban J connectivity index is 2.16. The highest BCUT2D eigenvalue weighted by Crippen LogP contribution is 2.27. The van der Waals surface area contributed by atoms with Crippen LogP contribution in [-0.2, 0) is 20.6 Å². The Morgan fingerprint density at radius 1 is 1.38 bits per heavy atom. The topological polar surface area (TPSA) is 46.6 Å². The highest BCUT2D eigenvalue weighted by molar-refractivity contribution is 9.10. The molecule has 0 spiro atoms. The van der Waals surface area contributed by atoms with Gasteiger partial charge in [-0.25, -0.2) is 12.7 Å². The van der Waals surface area contributed by atoms with Gasteiger partial charge in [-0.1, -0.05) is 6.07 Å². The normalized spacial score (nSPS) is 17.3. The maximum Gasteiger partial charge on any atom is 0.243 e. The molecular weight excluding hydrogens is 378 g/mol. The molecule has 1 heterocycles. The molecule has 0 aromatic heterocycles. The highest BCUT2D eigenvalue weighted by atomic mass is 79.9. The summed E-state index contributed by atoms with van der Waals surface area (Å²) in [6, 6.07) is 5.10. The van der Waals surface area contributed by atoms with Crippen LogP contribution in [0.4, 0.5) is 0 Å². The lowest BCUT2D eigenvalue weighted by atomic mass is 10.0. The summed E-state index contributed by atoms with van der Waals surface area (Å²) in [6.07, 6.45) is 1.82. The second-order valence-corrected chi connectivity index (χ2v) is 8.37. The number of sulfonamides is 1. The molecule has 0 bridgehead atoms. The average Bonchev–Trinajstić information content (AvgIpc) is 2.47. The zero-order valence-corrected chi connectivity index (χ0v) is 15.0. The smallest absolute Gasteiger partial charge is 0.243 e. The summed E-state index contributed by atoms with van der Waals surface area (Å²) in [4.78, 5) is 0.283. The molecule has 1 aromatic carbocycles. The van der Waals surface area contributed by atoms with Crippen LogP contribution < -0.4 is 0 Å². The molecule has 1 aliphatic rings. The fraction of sp³-hybridized carbons (Fsp3) is 0.571. The molecule has 118 valence electrons. The Bertz CT molecular complexity index is 588. The zero-order chi connectivity index (χ0) is 15.5. The molecule has 7 heteroatoms. The van der Waals surface area contributed by atoms with E-state index in [9.17, 15) is 8.42 Å². The van der Waals surface area contributed by atoms with Crippen LogP contribution in [0.2, 0.25) is 0 Å². The van der Waals surface area contributed by atoms with Gasteiger partial charge in [0.2, 0.25) is 10.0 Å². The lowest BCUT2D eigenvalue weighted by molar-refractivity contribution is 0.0620. The van der Waals surface area contributed by atoms with E-state index < -0.39 is 10.0 Å². The maximum absolute atomic E-state index is 12.7. The van der Waals surface area contributed by atoms with Crippen LogP contribution in [0, 0.1) is 5.92 Å². The second-order valence-electron chi connectivity index (χ2n) is 5.24. The van der Waals surface area contributed by atoms with E-state index in [1.807, 2.05) is 0 Å². The monoisotopic (exact) mass is 395 g/mol. The van der Waals surface area contributed by atoms with Gasteiger partial charge in [0.15, 0.2) is 0 Å². The van der Waals surface area contributed by atoms with Gasteiger partial charge in [-0.05, 0) is 52.4 Å². The van der Waals surface area contributed by atoms with Crippen molar-refractivity contribution in [3.05, 3.63) is 28.2 Å². The number of hydrogen-bond acceptors (Lipinski definition) is 3. The molecule has 21 heavy (non-hydrogen) atoms. The Labute approximate surface area is 139 Å². The van der Waals surface area contributed by atoms with Crippen LogP contribution in [0.5, 0.6) is 0 Å². The Morgan fingerprint density at radius 2 is 2.05 bits per heavy atom. The quantitative estimate of drug-likeness (QED) is 0.718. The summed E-state index contributed by atoms with van der Waals surface area (Å²) in [6.45, 7) is 1.95. The third kappa shape index (κ3) is 4.20. The van der Waals surface area contributed by atoms with E-state index >= 15 is 0 Å². The summed E-state index contributed by atoms with van der Waals surface area (Å²) in [5.41, 5.74) is 0.884. The van der Waals surface area contributed by atoms with E-state index in [-0.39, 0.29) is 4.90 Å². The zero-order valence-electron chi connectivity index (χ0n) is 11.9. The Hall–Kier alpha value is -0.140. The van der Waals surface area contributed by atoms with Gasteiger partial charge in [0.05, 0.1) is 4.90 Å². The van der Waals surface area contributed by atoms with Crippen LogP contribution in [0.15, 0.2) is 27.6 Å². The van der Waals surface area contributed by atoms with Crippen molar-refractivity contribution in [3.63, 3.8) is 0 Å². The van der Waals surface area contributed by atoms with Gasteiger partial charge in [0.25, 0.3) is 0 Å². The lowest BCUT2D eigenvalue weighted by Crippen LogP contribution is -2.34. The lowest BCUT2D eigenvalue weighted by Gasteiger charge is -2.27. The maximum atomic E-state index is 12.7. The van der Waals surface area contributed by atoms with Crippen molar-refractivity contribution in [2.45, 2.75) is 23.6 Å². The minimum Gasteiger partial charge on any atom is -0.381 e. The molecule has 0 atom stereocenters. The number of halogens is 2.